The van der Waals surface area contributed by atoms with Gasteiger partial charge in [0.15, 0.2) is 6.10 Å². The minimum atomic E-state index is -0.518. The molecule has 2 aromatic carbocycles. The summed E-state index contributed by atoms with van der Waals surface area (Å²) in [5, 5.41) is 3.52. The maximum atomic E-state index is 12.3. The highest BCUT2D eigenvalue weighted by Gasteiger charge is 2.18. The molecule has 5 heteroatoms. The summed E-state index contributed by atoms with van der Waals surface area (Å²) >= 11 is 5.83. The molecule has 0 fully saturated rings. The topological polar surface area (TPSA) is 47.6 Å². The summed E-state index contributed by atoms with van der Waals surface area (Å²) in [7, 11) is 0. The maximum Gasteiger partial charge on any atom is 0.261 e. The minimum Gasteiger partial charge on any atom is -0.492 e. The monoisotopic (exact) mass is 361 g/mol. The Morgan fingerprint density at radius 3 is 2.56 bits per heavy atom. The lowest BCUT2D eigenvalue weighted by atomic mass is 10.1. The maximum absolute atomic E-state index is 12.3. The van der Waals surface area contributed by atoms with E-state index in [1.165, 1.54) is 0 Å². The average Bonchev–Trinajstić information content (AvgIpc) is 2.60. The van der Waals surface area contributed by atoms with Gasteiger partial charge in [-0.15, -0.1) is 0 Å². The Morgan fingerprint density at radius 2 is 1.88 bits per heavy atom. The molecule has 4 nitrogen and oxygen atoms in total. The number of hydrogen-bond donors (Lipinski definition) is 1. The van der Waals surface area contributed by atoms with Gasteiger partial charge in [-0.05, 0) is 61.7 Å². The lowest BCUT2D eigenvalue weighted by Gasteiger charge is -2.19. The van der Waals surface area contributed by atoms with E-state index in [2.05, 4.69) is 5.32 Å². The molecule has 0 unspecified atom stereocenters. The van der Waals surface area contributed by atoms with Crippen LogP contribution in [0.15, 0.2) is 42.5 Å². The molecular formula is C20H24ClNO3. The standard InChI is InChI=1S/C20H24ClNO3/c1-4-18(25-19-13-14(2)5-6-15(19)3)20(23)22-11-12-24-17-9-7-16(21)8-10-17/h5-10,13,18H,4,11-12H2,1-3H3,(H,22,23)/t18-/m1/s1. The second-order valence-electron chi connectivity index (χ2n) is 5.88. The molecule has 0 radical (unpaired) electrons. The molecular weight excluding hydrogens is 338 g/mol. The second kappa shape index (κ2) is 9.33. The van der Waals surface area contributed by atoms with Crippen molar-refractivity contribution < 1.29 is 14.3 Å². The molecule has 1 atom stereocenters. The molecule has 0 aliphatic heterocycles. The Labute approximate surface area is 154 Å². The zero-order chi connectivity index (χ0) is 18.2. The van der Waals surface area contributed by atoms with Crippen molar-refractivity contribution in [1.82, 2.24) is 5.32 Å². The number of carbonyl (C=O) groups excluding carboxylic acids is 1. The fourth-order valence-electron chi connectivity index (χ4n) is 2.30. The lowest BCUT2D eigenvalue weighted by Crippen LogP contribution is -2.39. The summed E-state index contributed by atoms with van der Waals surface area (Å²) in [6, 6.07) is 13.1. The van der Waals surface area contributed by atoms with Gasteiger partial charge >= 0.3 is 0 Å². The largest absolute Gasteiger partial charge is 0.492 e. The van der Waals surface area contributed by atoms with Gasteiger partial charge in [-0.1, -0.05) is 30.7 Å². The fraction of sp³-hybridized carbons (Fsp3) is 0.350. The Balaban J connectivity index is 1.81. The van der Waals surface area contributed by atoms with E-state index in [4.69, 9.17) is 21.1 Å². The first-order valence-electron chi connectivity index (χ1n) is 8.39. The molecule has 0 aromatic heterocycles. The van der Waals surface area contributed by atoms with Gasteiger partial charge in [-0.2, -0.15) is 0 Å². The molecule has 0 saturated heterocycles. The van der Waals surface area contributed by atoms with E-state index < -0.39 is 6.10 Å². The van der Waals surface area contributed by atoms with Crippen LogP contribution < -0.4 is 14.8 Å². The summed E-state index contributed by atoms with van der Waals surface area (Å²) < 4.78 is 11.5. The van der Waals surface area contributed by atoms with Crippen molar-refractivity contribution >= 4 is 17.5 Å². The van der Waals surface area contributed by atoms with Gasteiger partial charge in [0.05, 0.1) is 6.54 Å². The molecule has 0 heterocycles. The third-order valence-corrected chi connectivity index (χ3v) is 4.01. The number of rotatable bonds is 8. The SMILES string of the molecule is CC[C@@H](Oc1cc(C)ccc1C)C(=O)NCCOc1ccc(Cl)cc1. The van der Waals surface area contributed by atoms with Crippen molar-refractivity contribution in [2.45, 2.75) is 33.3 Å². The summed E-state index contributed by atoms with van der Waals surface area (Å²) in [5.74, 6) is 1.33. The highest BCUT2D eigenvalue weighted by molar-refractivity contribution is 6.30. The lowest BCUT2D eigenvalue weighted by molar-refractivity contribution is -0.128. The van der Waals surface area contributed by atoms with Crippen molar-refractivity contribution in [2.24, 2.45) is 0 Å². The van der Waals surface area contributed by atoms with Crippen LogP contribution in [0.25, 0.3) is 0 Å². The zero-order valence-corrected chi connectivity index (χ0v) is 15.6. The van der Waals surface area contributed by atoms with Gasteiger partial charge < -0.3 is 14.8 Å². The molecule has 0 bridgehead atoms. The molecule has 134 valence electrons. The number of nitrogens with one attached hydrogen (secondary N) is 1. The van der Waals surface area contributed by atoms with E-state index in [-0.39, 0.29) is 5.91 Å². The van der Waals surface area contributed by atoms with Crippen LogP contribution in [0.4, 0.5) is 0 Å². The highest BCUT2D eigenvalue weighted by Crippen LogP contribution is 2.21. The molecule has 0 saturated carbocycles. The summed E-state index contributed by atoms with van der Waals surface area (Å²) in [4.78, 5) is 12.3. The molecule has 0 spiro atoms. The van der Waals surface area contributed by atoms with Crippen LogP contribution in [0, 0.1) is 13.8 Å². The Hall–Kier alpha value is -2.20. The Bertz CT molecular complexity index is 701. The van der Waals surface area contributed by atoms with Crippen LogP contribution in [-0.2, 0) is 4.79 Å². The first-order valence-corrected chi connectivity index (χ1v) is 8.77. The smallest absolute Gasteiger partial charge is 0.261 e. The van der Waals surface area contributed by atoms with Gasteiger partial charge in [-0.3, -0.25) is 4.79 Å². The normalized spacial score (nSPS) is 11.7. The van der Waals surface area contributed by atoms with Gasteiger partial charge in [-0.25, -0.2) is 0 Å². The van der Waals surface area contributed by atoms with Crippen LogP contribution in [0.5, 0.6) is 11.5 Å². The number of amides is 1. The summed E-state index contributed by atoms with van der Waals surface area (Å²) in [5.41, 5.74) is 2.12. The quantitative estimate of drug-likeness (QED) is 0.713. The van der Waals surface area contributed by atoms with Crippen molar-refractivity contribution in [1.29, 1.82) is 0 Å². The van der Waals surface area contributed by atoms with Crippen molar-refractivity contribution in [2.75, 3.05) is 13.2 Å². The van der Waals surface area contributed by atoms with E-state index in [9.17, 15) is 4.79 Å². The first-order chi connectivity index (χ1) is 12.0. The Morgan fingerprint density at radius 1 is 1.16 bits per heavy atom. The molecule has 0 aliphatic carbocycles. The predicted molar refractivity (Wildman–Crippen MR) is 101 cm³/mol. The molecule has 2 aromatic rings. The zero-order valence-electron chi connectivity index (χ0n) is 14.8. The van der Waals surface area contributed by atoms with Gasteiger partial charge in [0, 0.05) is 5.02 Å². The number of hydrogen-bond acceptors (Lipinski definition) is 3. The first kappa shape index (κ1) is 19.1. The van der Waals surface area contributed by atoms with Gasteiger partial charge in [0.25, 0.3) is 5.91 Å². The van der Waals surface area contributed by atoms with Crippen LogP contribution in [0.2, 0.25) is 5.02 Å². The van der Waals surface area contributed by atoms with E-state index in [1.807, 2.05) is 39.0 Å². The van der Waals surface area contributed by atoms with Crippen LogP contribution >= 0.6 is 11.6 Å². The van der Waals surface area contributed by atoms with Crippen LogP contribution in [0.1, 0.15) is 24.5 Å². The second-order valence-corrected chi connectivity index (χ2v) is 6.31. The highest BCUT2D eigenvalue weighted by atomic mass is 35.5. The molecule has 1 N–H and O–H groups in total. The van der Waals surface area contributed by atoms with Gasteiger partial charge in [0.2, 0.25) is 0 Å². The number of carbonyl (C=O) groups is 1. The predicted octanol–water partition coefficient (Wildman–Crippen LogP) is 4.31. The van der Waals surface area contributed by atoms with E-state index in [0.29, 0.717) is 24.6 Å². The van der Waals surface area contributed by atoms with E-state index in [1.54, 1.807) is 24.3 Å². The van der Waals surface area contributed by atoms with Crippen molar-refractivity contribution in [3.8, 4) is 11.5 Å². The third kappa shape index (κ3) is 5.98. The van der Waals surface area contributed by atoms with Crippen LogP contribution in [0.3, 0.4) is 0 Å². The number of halogens is 1. The van der Waals surface area contributed by atoms with Crippen LogP contribution in [-0.4, -0.2) is 25.2 Å². The minimum absolute atomic E-state index is 0.136. The molecule has 2 rings (SSSR count). The molecule has 0 aliphatic rings. The third-order valence-electron chi connectivity index (χ3n) is 3.76. The van der Waals surface area contributed by atoms with Crippen molar-refractivity contribution in [3.63, 3.8) is 0 Å². The van der Waals surface area contributed by atoms with Crippen molar-refractivity contribution in [3.05, 3.63) is 58.6 Å². The fourth-order valence-corrected chi connectivity index (χ4v) is 2.42. The number of aryl methyl sites for hydroxylation is 2. The summed E-state index contributed by atoms with van der Waals surface area (Å²) in [6.45, 7) is 6.70. The van der Waals surface area contributed by atoms with E-state index in [0.717, 1.165) is 22.6 Å². The average molecular weight is 362 g/mol. The van der Waals surface area contributed by atoms with E-state index >= 15 is 0 Å². The molecule has 1 amide bonds. The molecule has 25 heavy (non-hydrogen) atoms. The summed E-state index contributed by atoms with van der Waals surface area (Å²) in [6.07, 6.45) is 0.0769. The van der Waals surface area contributed by atoms with Gasteiger partial charge in [0.1, 0.15) is 18.1 Å². The number of benzene rings is 2. The Kier molecular flexibility index (Phi) is 7.14. The number of ether oxygens (including phenoxy) is 2.